The molecule has 1 N–H and O–H groups in total. The number of aromatic nitrogens is 3. The highest BCUT2D eigenvalue weighted by molar-refractivity contribution is 6.32. The van der Waals surface area contributed by atoms with Crippen molar-refractivity contribution in [1.82, 2.24) is 15.0 Å². The predicted octanol–water partition coefficient (Wildman–Crippen LogP) is 5.14. The van der Waals surface area contributed by atoms with Crippen LogP contribution in [0.25, 0.3) is 10.9 Å². The summed E-state index contributed by atoms with van der Waals surface area (Å²) in [6.07, 6.45) is 3.12. The van der Waals surface area contributed by atoms with Crippen molar-refractivity contribution in [3.05, 3.63) is 77.8 Å². The van der Waals surface area contributed by atoms with Crippen LogP contribution in [0.5, 0.6) is 11.5 Å². The van der Waals surface area contributed by atoms with E-state index in [-0.39, 0.29) is 5.75 Å². The maximum atomic E-state index is 12.2. The van der Waals surface area contributed by atoms with Crippen molar-refractivity contribution in [2.24, 2.45) is 0 Å². The smallest absolute Gasteiger partial charge is 0.191 e. The van der Waals surface area contributed by atoms with Gasteiger partial charge in [-0.25, -0.2) is 9.97 Å². The summed E-state index contributed by atoms with van der Waals surface area (Å²) in [5.74, 6) is 0.839. The van der Waals surface area contributed by atoms with Gasteiger partial charge >= 0.3 is 0 Å². The van der Waals surface area contributed by atoms with Crippen LogP contribution in [0.15, 0.2) is 67.1 Å². The zero-order valence-electron chi connectivity index (χ0n) is 14.1. The lowest BCUT2D eigenvalue weighted by atomic mass is 10.2. The van der Waals surface area contributed by atoms with E-state index < -0.39 is 0 Å². The molecule has 0 saturated carbocycles. The van der Waals surface area contributed by atoms with Gasteiger partial charge in [0.25, 0.3) is 0 Å². The van der Waals surface area contributed by atoms with Gasteiger partial charge in [0, 0.05) is 11.9 Å². The minimum absolute atomic E-state index is 0.142. The van der Waals surface area contributed by atoms with E-state index in [9.17, 15) is 5.11 Å². The fourth-order valence-corrected chi connectivity index (χ4v) is 2.88. The molecule has 0 fully saturated rings. The third-order valence-corrected chi connectivity index (χ3v) is 4.22. The molecule has 27 heavy (non-hydrogen) atoms. The molecule has 133 valence electrons. The molecule has 0 unspecified atom stereocenters. The van der Waals surface area contributed by atoms with E-state index in [0.29, 0.717) is 39.8 Å². The molecule has 2 heterocycles. The van der Waals surface area contributed by atoms with Crippen LogP contribution in [0.3, 0.4) is 0 Å². The third kappa shape index (κ3) is 3.75. The van der Waals surface area contributed by atoms with Crippen molar-refractivity contribution in [2.75, 3.05) is 5.32 Å². The standard InChI is InChI=1S/C20H14ClN4O2/c21-15-10-13(7-8-18(15)27-11-14-4-1-2-9-22-14)25-20-19-16(23-12-24-20)5-3-6-17(19)26/h1-10,12H,11H2,(H,23,24,25). The van der Waals surface area contributed by atoms with Gasteiger partial charge in [0.2, 0.25) is 0 Å². The number of pyridine rings is 1. The van der Waals surface area contributed by atoms with Crippen molar-refractivity contribution < 1.29 is 9.84 Å². The summed E-state index contributed by atoms with van der Waals surface area (Å²) >= 11 is 6.33. The second-order valence-corrected chi connectivity index (χ2v) is 6.16. The summed E-state index contributed by atoms with van der Waals surface area (Å²) < 4.78 is 5.72. The van der Waals surface area contributed by atoms with Crippen molar-refractivity contribution in [2.45, 2.75) is 6.61 Å². The first kappa shape index (κ1) is 17.1. The number of hydrogen-bond donors (Lipinski definition) is 1. The minimum atomic E-state index is -0.142. The molecule has 1 radical (unpaired) electrons. The van der Waals surface area contributed by atoms with Gasteiger partial charge < -0.3 is 10.1 Å². The normalized spacial score (nSPS) is 10.7. The Morgan fingerprint density at radius 1 is 1.00 bits per heavy atom. The van der Waals surface area contributed by atoms with Crippen LogP contribution >= 0.6 is 11.6 Å². The SMILES string of the molecule is [O]c1cccc2ncnc(Nc3ccc(OCc4ccccn4)c(Cl)c3)c12. The Morgan fingerprint density at radius 2 is 1.93 bits per heavy atom. The molecule has 0 spiro atoms. The molecule has 2 aromatic carbocycles. The minimum Gasteiger partial charge on any atom is -0.486 e. The van der Waals surface area contributed by atoms with E-state index in [2.05, 4.69) is 20.3 Å². The lowest BCUT2D eigenvalue weighted by Gasteiger charge is -2.11. The first-order valence-electron chi connectivity index (χ1n) is 8.21. The number of nitrogens with zero attached hydrogens (tertiary/aromatic N) is 3. The second-order valence-electron chi connectivity index (χ2n) is 5.75. The molecule has 0 atom stereocenters. The topological polar surface area (TPSA) is 79.8 Å². The fraction of sp³-hybridized carbons (Fsp3) is 0.0500. The van der Waals surface area contributed by atoms with Gasteiger partial charge in [0.1, 0.15) is 24.5 Å². The number of hydrogen-bond acceptors (Lipinski definition) is 5. The molecule has 0 saturated heterocycles. The highest BCUT2D eigenvalue weighted by atomic mass is 35.5. The Kier molecular flexibility index (Phi) is 4.72. The number of anilines is 2. The van der Waals surface area contributed by atoms with Crippen molar-refractivity contribution in [1.29, 1.82) is 0 Å². The monoisotopic (exact) mass is 377 g/mol. The molecule has 4 rings (SSSR count). The Balaban J connectivity index is 1.55. The van der Waals surface area contributed by atoms with E-state index in [1.165, 1.54) is 12.4 Å². The van der Waals surface area contributed by atoms with Gasteiger partial charge in [0.05, 0.1) is 21.6 Å². The summed E-state index contributed by atoms with van der Waals surface area (Å²) in [6.45, 7) is 0.323. The first-order valence-corrected chi connectivity index (χ1v) is 8.58. The molecular weight excluding hydrogens is 364 g/mol. The van der Waals surface area contributed by atoms with Crippen molar-refractivity contribution in [3.8, 4) is 11.5 Å². The Labute approximate surface area is 160 Å². The molecule has 4 aromatic rings. The maximum Gasteiger partial charge on any atom is 0.191 e. The molecule has 6 nitrogen and oxygen atoms in total. The largest absolute Gasteiger partial charge is 0.486 e. The third-order valence-electron chi connectivity index (χ3n) is 3.92. The van der Waals surface area contributed by atoms with Crippen molar-refractivity contribution >= 4 is 34.0 Å². The number of rotatable bonds is 5. The molecule has 2 aromatic heterocycles. The molecule has 7 heteroatoms. The lowest BCUT2D eigenvalue weighted by Crippen LogP contribution is -1.99. The van der Waals surface area contributed by atoms with Crippen LogP contribution in [-0.2, 0) is 11.7 Å². The molecule has 0 bridgehead atoms. The van der Waals surface area contributed by atoms with Crippen LogP contribution in [0.4, 0.5) is 11.5 Å². The summed E-state index contributed by atoms with van der Waals surface area (Å²) in [4.78, 5) is 12.5. The molecule has 0 aliphatic heterocycles. The number of ether oxygens (including phenoxy) is 1. The van der Waals surface area contributed by atoms with Gasteiger partial charge in [-0.3, -0.25) is 10.1 Å². The summed E-state index contributed by atoms with van der Waals surface area (Å²) in [6, 6.07) is 15.8. The van der Waals surface area contributed by atoms with Gasteiger partial charge in [-0.2, -0.15) is 0 Å². The van der Waals surface area contributed by atoms with Crippen LogP contribution in [0, 0.1) is 0 Å². The van der Waals surface area contributed by atoms with Crippen LogP contribution in [-0.4, -0.2) is 15.0 Å². The molecule has 0 aliphatic carbocycles. The fourth-order valence-electron chi connectivity index (χ4n) is 2.64. The lowest BCUT2D eigenvalue weighted by molar-refractivity contribution is 0.301. The van der Waals surface area contributed by atoms with E-state index in [4.69, 9.17) is 16.3 Å². The Hall–Kier alpha value is -3.38. The quantitative estimate of drug-likeness (QED) is 0.520. The van der Waals surface area contributed by atoms with E-state index in [1.807, 2.05) is 18.2 Å². The van der Waals surface area contributed by atoms with E-state index in [0.717, 1.165) is 5.69 Å². The number of halogens is 1. The summed E-state index contributed by atoms with van der Waals surface area (Å²) in [5, 5.41) is 16.2. The van der Waals surface area contributed by atoms with Crippen LogP contribution in [0.2, 0.25) is 5.02 Å². The highest BCUT2D eigenvalue weighted by Crippen LogP contribution is 2.33. The van der Waals surface area contributed by atoms with Gasteiger partial charge in [-0.15, -0.1) is 0 Å². The molecular formula is C20H14ClN4O2. The van der Waals surface area contributed by atoms with Crippen molar-refractivity contribution in [3.63, 3.8) is 0 Å². The number of fused-ring (bicyclic) bond motifs is 1. The average molecular weight is 378 g/mol. The van der Waals surface area contributed by atoms with Gasteiger partial charge in [-0.1, -0.05) is 23.7 Å². The van der Waals surface area contributed by atoms with E-state index >= 15 is 0 Å². The molecule has 0 aliphatic rings. The van der Waals surface area contributed by atoms with Gasteiger partial charge in [-0.05, 0) is 42.5 Å². The Bertz CT molecular complexity index is 1080. The highest BCUT2D eigenvalue weighted by Gasteiger charge is 2.11. The summed E-state index contributed by atoms with van der Waals surface area (Å²) in [7, 11) is 0. The van der Waals surface area contributed by atoms with Gasteiger partial charge in [0.15, 0.2) is 5.75 Å². The number of benzene rings is 2. The Morgan fingerprint density at radius 3 is 2.74 bits per heavy atom. The van der Waals surface area contributed by atoms with Crippen LogP contribution < -0.4 is 10.1 Å². The average Bonchev–Trinajstić information content (AvgIpc) is 2.68. The zero-order valence-corrected chi connectivity index (χ0v) is 14.8. The maximum absolute atomic E-state index is 12.2. The predicted molar refractivity (Wildman–Crippen MR) is 103 cm³/mol. The van der Waals surface area contributed by atoms with E-state index in [1.54, 1.807) is 36.5 Å². The second kappa shape index (κ2) is 7.47. The number of nitrogens with one attached hydrogen (secondary N) is 1. The zero-order chi connectivity index (χ0) is 18.6. The molecule has 0 amide bonds. The first-order chi connectivity index (χ1) is 13.2. The summed E-state index contributed by atoms with van der Waals surface area (Å²) in [5.41, 5.74) is 2.08. The van der Waals surface area contributed by atoms with Crippen LogP contribution in [0.1, 0.15) is 5.69 Å².